The minimum atomic E-state index is -0.205. The van der Waals surface area contributed by atoms with Crippen LogP contribution >= 0.6 is 0 Å². The summed E-state index contributed by atoms with van der Waals surface area (Å²) in [5.41, 5.74) is 2.68. The van der Waals surface area contributed by atoms with E-state index in [1.165, 1.54) is 0 Å². The summed E-state index contributed by atoms with van der Waals surface area (Å²) < 4.78 is 0. The average Bonchev–Trinajstić information content (AvgIpc) is 2.33. The lowest BCUT2D eigenvalue weighted by molar-refractivity contribution is -0.129. The Balaban J connectivity index is 2.57. The summed E-state index contributed by atoms with van der Waals surface area (Å²) in [5.74, 6) is 0.138. The monoisotopic (exact) mass is 276 g/mol. The molecular weight excluding hydrogens is 252 g/mol. The van der Waals surface area contributed by atoms with Crippen molar-refractivity contribution in [2.75, 3.05) is 20.1 Å². The lowest BCUT2D eigenvalue weighted by atomic mass is 10.1. The van der Waals surface area contributed by atoms with Gasteiger partial charge in [0.05, 0.1) is 6.54 Å². The van der Waals surface area contributed by atoms with E-state index >= 15 is 0 Å². The van der Waals surface area contributed by atoms with E-state index in [2.05, 4.69) is 19.2 Å². The van der Waals surface area contributed by atoms with Gasteiger partial charge in [-0.15, -0.1) is 0 Å². The first kappa shape index (κ1) is 16.2. The number of aryl methyl sites for hydroxylation is 2. The van der Waals surface area contributed by atoms with E-state index in [9.17, 15) is 9.59 Å². The first-order valence-corrected chi connectivity index (χ1v) is 6.90. The second-order valence-corrected chi connectivity index (χ2v) is 5.73. The molecule has 4 nitrogen and oxygen atoms in total. The zero-order valence-electron chi connectivity index (χ0n) is 13.0. The fourth-order valence-corrected chi connectivity index (χ4v) is 2.15. The molecule has 1 aromatic carbocycles. The highest BCUT2D eigenvalue weighted by molar-refractivity contribution is 5.96. The molecule has 2 amide bonds. The van der Waals surface area contributed by atoms with Crippen LogP contribution in [0.5, 0.6) is 0 Å². The molecule has 1 N–H and O–H groups in total. The van der Waals surface area contributed by atoms with Crippen LogP contribution in [0.15, 0.2) is 18.2 Å². The molecule has 4 heteroatoms. The van der Waals surface area contributed by atoms with Crippen molar-refractivity contribution in [2.45, 2.75) is 27.7 Å². The maximum absolute atomic E-state index is 12.0. The van der Waals surface area contributed by atoms with E-state index in [1.54, 1.807) is 11.9 Å². The van der Waals surface area contributed by atoms with Crippen LogP contribution in [0.25, 0.3) is 0 Å². The Hall–Kier alpha value is -1.84. The number of benzene rings is 1. The van der Waals surface area contributed by atoms with E-state index in [0.717, 1.165) is 11.1 Å². The highest BCUT2D eigenvalue weighted by Gasteiger charge is 2.12. The number of amides is 2. The molecule has 0 atom stereocenters. The molecule has 110 valence electrons. The number of rotatable bonds is 5. The maximum Gasteiger partial charge on any atom is 0.251 e. The zero-order chi connectivity index (χ0) is 15.3. The highest BCUT2D eigenvalue weighted by Crippen LogP contribution is 2.08. The van der Waals surface area contributed by atoms with Gasteiger partial charge in [-0.1, -0.05) is 31.0 Å². The van der Waals surface area contributed by atoms with Crippen LogP contribution in [0.4, 0.5) is 0 Å². The molecule has 0 spiro atoms. The van der Waals surface area contributed by atoms with Crippen molar-refractivity contribution in [1.82, 2.24) is 10.2 Å². The average molecular weight is 276 g/mol. The maximum atomic E-state index is 12.0. The molecule has 0 bridgehead atoms. The lowest BCUT2D eigenvalue weighted by Gasteiger charge is -2.19. The van der Waals surface area contributed by atoms with Crippen LogP contribution in [-0.4, -0.2) is 36.9 Å². The van der Waals surface area contributed by atoms with E-state index in [1.807, 2.05) is 32.0 Å². The number of hydrogen-bond donors (Lipinski definition) is 1. The van der Waals surface area contributed by atoms with Crippen LogP contribution in [0.1, 0.15) is 35.3 Å². The third-order valence-corrected chi connectivity index (χ3v) is 2.95. The minimum absolute atomic E-state index is 0.0367. The normalized spacial score (nSPS) is 10.5. The van der Waals surface area contributed by atoms with Gasteiger partial charge in [-0.3, -0.25) is 9.59 Å². The summed E-state index contributed by atoms with van der Waals surface area (Å²) >= 11 is 0. The van der Waals surface area contributed by atoms with Gasteiger partial charge in [0.1, 0.15) is 0 Å². The van der Waals surface area contributed by atoms with Gasteiger partial charge in [-0.2, -0.15) is 0 Å². The number of nitrogens with one attached hydrogen (secondary N) is 1. The molecule has 1 rings (SSSR count). The third-order valence-electron chi connectivity index (χ3n) is 2.95. The largest absolute Gasteiger partial charge is 0.344 e. The van der Waals surface area contributed by atoms with Gasteiger partial charge < -0.3 is 10.2 Å². The Morgan fingerprint density at radius 2 is 1.70 bits per heavy atom. The van der Waals surface area contributed by atoms with E-state index in [0.29, 0.717) is 18.0 Å². The summed E-state index contributed by atoms with van der Waals surface area (Å²) in [4.78, 5) is 25.5. The predicted molar refractivity (Wildman–Crippen MR) is 80.7 cm³/mol. The van der Waals surface area contributed by atoms with Crippen molar-refractivity contribution in [3.63, 3.8) is 0 Å². The van der Waals surface area contributed by atoms with Gasteiger partial charge >= 0.3 is 0 Å². The Morgan fingerprint density at radius 1 is 1.15 bits per heavy atom. The van der Waals surface area contributed by atoms with Crippen molar-refractivity contribution in [3.05, 3.63) is 34.9 Å². The zero-order valence-corrected chi connectivity index (χ0v) is 13.0. The lowest BCUT2D eigenvalue weighted by Crippen LogP contribution is -2.39. The molecule has 0 saturated carbocycles. The van der Waals surface area contributed by atoms with Crippen LogP contribution in [-0.2, 0) is 4.79 Å². The van der Waals surface area contributed by atoms with E-state index in [-0.39, 0.29) is 18.4 Å². The number of hydrogen-bond acceptors (Lipinski definition) is 2. The van der Waals surface area contributed by atoms with Gasteiger partial charge in [0, 0.05) is 19.2 Å². The fraction of sp³-hybridized carbons (Fsp3) is 0.500. The fourth-order valence-electron chi connectivity index (χ4n) is 2.15. The highest BCUT2D eigenvalue weighted by atomic mass is 16.2. The molecule has 20 heavy (non-hydrogen) atoms. The van der Waals surface area contributed by atoms with Crippen LogP contribution < -0.4 is 5.32 Å². The molecule has 0 aliphatic rings. The summed E-state index contributed by atoms with van der Waals surface area (Å²) in [6.07, 6.45) is 0. The van der Waals surface area contributed by atoms with Crippen LogP contribution in [0, 0.1) is 19.8 Å². The second kappa shape index (κ2) is 7.08. The Labute approximate surface area is 121 Å². The van der Waals surface area contributed by atoms with Crippen molar-refractivity contribution in [1.29, 1.82) is 0 Å². The van der Waals surface area contributed by atoms with Gasteiger partial charge in [-0.25, -0.2) is 0 Å². The van der Waals surface area contributed by atoms with Gasteiger partial charge in [0.15, 0.2) is 0 Å². The van der Waals surface area contributed by atoms with Gasteiger partial charge in [0.2, 0.25) is 5.91 Å². The predicted octanol–water partition coefficient (Wildman–Crippen LogP) is 2.15. The minimum Gasteiger partial charge on any atom is -0.344 e. The van der Waals surface area contributed by atoms with Crippen molar-refractivity contribution >= 4 is 11.8 Å². The first-order chi connectivity index (χ1) is 9.29. The smallest absolute Gasteiger partial charge is 0.251 e. The molecule has 1 aromatic rings. The number of likely N-dealkylation sites (N-methyl/N-ethyl adjacent to an activating group) is 1. The summed E-state index contributed by atoms with van der Waals surface area (Å²) in [7, 11) is 1.76. The topological polar surface area (TPSA) is 49.4 Å². The first-order valence-electron chi connectivity index (χ1n) is 6.90. The number of nitrogens with zero attached hydrogens (tertiary/aromatic N) is 1. The van der Waals surface area contributed by atoms with Crippen molar-refractivity contribution in [3.8, 4) is 0 Å². The Bertz CT molecular complexity index is 475. The summed E-state index contributed by atoms with van der Waals surface area (Å²) in [5, 5.41) is 2.68. The quantitative estimate of drug-likeness (QED) is 0.896. The molecule has 0 aliphatic heterocycles. The molecule has 0 unspecified atom stereocenters. The van der Waals surface area contributed by atoms with Crippen molar-refractivity contribution in [2.24, 2.45) is 5.92 Å². The summed E-state index contributed by atoms with van der Waals surface area (Å²) in [6, 6.07) is 5.66. The summed E-state index contributed by atoms with van der Waals surface area (Å²) in [6.45, 7) is 8.74. The SMILES string of the molecule is Cc1cc(C)cc(C(=O)NCC(=O)N(C)CC(C)C)c1. The van der Waals surface area contributed by atoms with Gasteiger partial charge in [-0.05, 0) is 31.9 Å². The standard InChI is InChI=1S/C16H24N2O2/c1-11(2)10-18(5)15(19)9-17-16(20)14-7-12(3)6-13(4)8-14/h6-8,11H,9-10H2,1-5H3,(H,17,20). The number of carbonyl (C=O) groups excluding carboxylic acids is 2. The second-order valence-electron chi connectivity index (χ2n) is 5.73. The molecule has 0 saturated heterocycles. The molecular formula is C16H24N2O2. The Morgan fingerprint density at radius 3 is 2.20 bits per heavy atom. The third kappa shape index (κ3) is 5.03. The molecule has 0 heterocycles. The van der Waals surface area contributed by atoms with Crippen LogP contribution in [0.2, 0.25) is 0 Å². The van der Waals surface area contributed by atoms with E-state index in [4.69, 9.17) is 0 Å². The number of carbonyl (C=O) groups is 2. The molecule has 0 fully saturated rings. The molecule has 0 radical (unpaired) electrons. The molecule has 0 aromatic heterocycles. The Kier molecular flexibility index (Phi) is 5.74. The van der Waals surface area contributed by atoms with Crippen LogP contribution in [0.3, 0.4) is 0 Å². The van der Waals surface area contributed by atoms with Gasteiger partial charge in [0.25, 0.3) is 5.91 Å². The van der Waals surface area contributed by atoms with Crippen molar-refractivity contribution < 1.29 is 9.59 Å². The molecule has 0 aliphatic carbocycles. The van der Waals surface area contributed by atoms with E-state index < -0.39 is 0 Å².